The average Bonchev–Trinajstić information content (AvgIpc) is 2.31. The third kappa shape index (κ3) is 3.99. The van der Waals surface area contributed by atoms with Crippen molar-refractivity contribution in [1.29, 1.82) is 0 Å². The fourth-order valence-corrected chi connectivity index (χ4v) is 3.04. The number of hydrogen-bond acceptors (Lipinski definition) is 5. The van der Waals surface area contributed by atoms with E-state index in [-0.39, 0.29) is 28.0 Å². The Morgan fingerprint density at radius 2 is 2.10 bits per heavy atom. The minimum Gasteiger partial charge on any atom is -0.481 e. The molecule has 0 spiro atoms. The molecule has 0 aliphatic heterocycles. The van der Waals surface area contributed by atoms with Crippen molar-refractivity contribution >= 4 is 37.6 Å². The summed E-state index contributed by atoms with van der Waals surface area (Å²) in [6.07, 6.45) is -0.381. The van der Waals surface area contributed by atoms with E-state index in [1.807, 2.05) is 0 Å². The van der Waals surface area contributed by atoms with Crippen molar-refractivity contribution in [1.82, 2.24) is 4.72 Å². The predicted molar refractivity (Wildman–Crippen MR) is 73.0 cm³/mol. The molecular weight excluding hydrogens is 356 g/mol. The van der Waals surface area contributed by atoms with Gasteiger partial charge in [-0.2, -0.15) is 0 Å². The Morgan fingerprint density at radius 1 is 1.50 bits per heavy atom. The van der Waals surface area contributed by atoms with Crippen molar-refractivity contribution in [2.45, 2.75) is 18.2 Å². The SMILES string of the molecule is Cc1c(Br)cc(S(=O)(=O)NCCC(=O)O)cc1[N+](=O)[O-]. The number of hydrogen-bond donors (Lipinski definition) is 2. The van der Waals surface area contributed by atoms with Crippen molar-refractivity contribution in [3.8, 4) is 0 Å². The lowest BCUT2D eigenvalue weighted by atomic mass is 10.2. The number of nitro groups is 1. The first-order chi connectivity index (χ1) is 9.15. The number of benzene rings is 1. The predicted octanol–water partition coefficient (Wildman–Crippen LogP) is 1.42. The lowest BCUT2D eigenvalue weighted by molar-refractivity contribution is -0.385. The lowest BCUT2D eigenvalue weighted by Crippen LogP contribution is -2.26. The summed E-state index contributed by atoms with van der Waals surface area (Å²) in [4.78, 5) is 20.2. The maximum atomic E-state index is 11.9. The van der Waals surface area contributed by atoms with Gasteiger partial charge in [0.15, 0.2) is 0 Å². The quantitative estimate of drug-likeness (QED) is 0.578. The highest BCUT2D eigenvalue weighted by molar-refractivity contribution is 9.10. The van der Waals surface area contributed by atoms with Gasteiger partial charge in [0.2, 0.25) is 10.0 Å². The number of halogens is 1. The normalized spacial score (nSPS) is 11.3. The molecule has 0 atom stereocenters. The van der Waals surface area contributed by atoms with Gasteiger partial charge in [-0.3, -0.25) is 14.9 Å². The molecule has 10 heteroatoms. The van der Waals surface area contributed by atoms with Crippen LogP contribution in [0.3, 0.4) is 0 Å². The number of nitro benzene ring substituents is 1. The summed E-state index contributed by atoms with van der Waals surface area (Å²) in [6.45, 7) is 1.19. The van der Waals surface area contributed by atoms with Gasteiger partial charge < -0.3 is 5.11 Å². The summed E-state index contributed by atoms with van der Waals surface area (Å²) >= 11 is 3.06. The van der Waals surface area contributed by atoms with Crippen LogP contribution >= 0.6 is 15.9 Å². The first-order valence-electron chi connectivity index (χ1n) is 5.31. The standard InChI is InChI=1S/C10H11BrN2O6S/c1-6-8(11)4-7(5-9(6)13(16)17)20(18,19)12-3-2-10(14)15/h4-5,12H,2-3H2,1H3,(H,14,15). The molecule has 0 bridgehead atoms. The fourth-order valence-electron chi connectivity index (χ4n) is 1.36. The summed E-state index contributed by atoms with van der Waals surface area (Å²) in [5.74, 6) is -1.15. The molecule has 110 valence electrons. The molecule has 0 aromatic heterocycles. The zero-order valence-corrected chi connectivity index (χ0v) is 12.7. The zero-order chi connectivity index (χ0) is 15.5. The highest BCUT2D eigenvalue weighted by Gasteiger charge is 2.22. The summed E-state index contributed by atoms with van der Waals surface area (Å²) in [5, 5.41) is 19.3. The molecule has 1 aromatic carbocycles. The maximum Gasteiger partial charge on any atom is 0.304 e. The number of nitrogens with one attached hydrogen (secondary N) is 1. The molecule has 0 aliphatic rings. The smallest absolute Gasteiger partial charge is 0.304 e. The van der Waals surface area contributed by atoms with Gasteiger partial charge in [0, 0.05) is 22.6 Å². The topological polar surface area (TPSA) is 127 Å². The Balaban J connectivity index is 3.13. The number of carbonyl (C=O) groups is 1. The van der Waals surface area contributed by atoms with Crippen molar-refractivity contribution in [2.24, 2.45) is 0 Å². The van der Waals surface area contributed by atoms with E-state index in [0.717, 1.165) is 6.07 Å². The van der Waals surface area contributed by atoms with Gasteiger partial charge in [-0.05, 0) is 13.0 Å². The van der Waals surface area contributed by atoms with Crippen LogP contribution in [0.15, 0.2) is 21.5 Å². The minimum absolute atomic E-state index is 0.283. The molecule has 8 nitrogen and oxygen atoms in total. The number of nitrogens with zero attached hydrogens (tertiary/aromatic N) is 1. The molecule has 0 amide bonds. The van der Waals surface area contributed by atoms with Crippen LogP contribution in [0.2, 0.25) is 0 Å². The van der Waals surface area contributed by atoms with E-state index in [0.29, 0.717) is 5.56 Å². The van der Waals surface area contributed by atoms with Gasteiger partial charge in [-0.25, -0.2) is 13.1 Å². The number of carboxylic acid groups (broad SMARTS) is 1. The zero-order valence-electron chi connectivity index (χ0n) is 10.3. The molecule has 0 saturated carbocycles. The van der Waals surface area contributed by atoms with Crippen molar-refractivity contribution in [3.63, 3.8) is 0 Å². The van der Waals surface area contributed by atoms with E-state index in [1.165, 1.54) is 13.0 Å². The first kappa shape index (κ1) is 16.5. The van der Waals surface area contributed by atoms with E-state index >= 15 is 0 Å². The van der Waals surface area contributed by atoms with Crippen LogP contribution in [0.1, 0.15) is 12.0 Å². The summed E-state index contributed by atoms with van der Waals surface area (Å²) in [5.41, 5.74) is -0.0301. The summed E-state index contributed by atoms with van der Waals surface area (Å²) < 4.78 is 26.2. The third-order valence-electron chi connectivity index (χ3n) is 2.43. The van der Waals surface area contributed by atoms with Gasteiger partial charge in [0.1, 0.15) is 0 Å². The second-order valence-corrected chi connectivity index (χ2v) is 6.47. The molecule has 2 N–H and O–H groups in total. The molecule has 0 fully saturated rings. The number of sulfonamides is 1. The Hall–Kier alpha value is -1.52. The average molecular weight is 367 g/mol. The molecule has 0 heterocycles. The maximum absolute atomic E-state index is 11.9. The molecular formula is C10H11BrN2O6S. The summed E-state index contributed by atoms with van der Waals surface area (Å²) in [6, 6.07) is 2.16. The number of carboxylic acids is 1. The van der Waals surface area contributed by atoms with Crippen LogP contribution in [0.4, 0.5) is 5.69 Å². The van der Waals surface area contributed by atoms with Crippen molar-refractivity contribution < 1.29 is 23.2 Å². The molecule has 1 aromatic rings. The Labute approximate surface area is 123 Å². The van der Waals surface area contributed by atoms with Crippen molar-refractivity contribution in [2.75, 3.05) is 6.54 Å². The molecule has 0 radical (unpaired) electrons. The molecule has 20 heavy (non-hydrogen) atoms. The molecule has 1 rings (SSSR count). The fraction of sp³-hybridized carbons (Fsp3) is 0.300. The van der Waals surface area contributed by atoms with Crippen molar-refractivity contribution in [3.05, 3.63) is 32.3 Å². The molecule has 0 unspecified atom stereocenters. The second kappa shape index (κ2) is 6.29. The van der Waals surface area contributed by atoms with E-state index < -0.39 is 20.9 Å². The monoisotopic (exact) mass is 366 g/mol. The van der Waals surface area contributed by atoms with E-state index in [9.17, 15) is 23.3 Å². The Morgan fingerprint density at radius 3 is 2.60 bits per heavy atom. The Kier molecular flexibility index (Phi) is 5.20. The first-order valence-corrected chi connectivity index (χ1v) is 7.59. The van der Waals surface area contributed by atoms with Gasteiger partial charge in [-0.15, -0.1) is 0 Å². The van der Waals surface area contributed by atoms with Crippen LogP contribution in [-0.2, 0) is 14.8 Å². The van der Waals surface area contributed by atoms with Gasteiger partial charge in [0.05, 0.1) is 16.2 Å². The van der Waals surface area contributed by atoms with Crippen LogP contribution in [0.5, 0.6) is 0 Å². The lowest BCUT2D eigenvalue weighted by Gasteiger charge is -2.08. The Bertz CT molecular complexity index is 658. The van der Waals surface area contributed by atoms with Crippen LogP contribution in [0.25, 0.3) is 0 Å². The summed E-state index contributed by atoms with van der Waals surface area (Å²) in [7, 11) is -4.00. The highest BCUT2D eigenvalue weighted by atomic mass is 79.9. The van der Waals surface area contributed by atoms with Gasteiger partial charge in [0.25, 0.3) is 5.69 Å². The highest BCUT2D eigenvalue weighted by Crippen LogP contribution is 2.29. The van der Waals surface area contributed by atoms with Crippen LogP contribution in [0, 0.1) is 17.0 Å². The molecule has 0 aliphatic carbocycles. The van der Waals surface area contributed by atoms with Gasteiger partial charge >= 0.3 is 5.97 Å². The molecule has 0 saturated heterocycles. The third-order valence-corrected chi connectivity index (χ3v) is 4.69. The van der Waals surface area contributed by atoms with Crippen LogP contribution < -0.4 is 4.72 Å². The number of rotatable bonds is 6. The second-order valence-electron chi connectivity index (χ2n) is 3.85. The van der Waals surface area contributed by atoms with E-state index in [4.69, 9.17) is 5.11 Å². The minimum atomic E-state index is -4.00. The number of aliphatic carboxylic acids is 1. The van der Waals surface area contributed by atoms with Crippen LogP contribution in [-0.4, -0.2) is 31.0 Å². The van der Waals surface area contributed by atoms with E-state index in [1.54, 1.807) is 0 Å². The van der Waals surface area contributed by atoms with Gasteiger partial charge in [-0.1, -0.05) is 15.9 Å². The van der Waals surface area contributed by atoms with E-state index in [2.05, 4.69) is 20.7 Å². The largest absolute Gasteiger partial charge is 0.481 e.